The summed E-state index contributed by atoms with van der Waals surface area (Å²) in [4.78, 5) is 21.7. The summed E-state index contributed by atoms with van der Waals surface area (Å²) in [6.07, 6.45) is 1.57. The maximum Gasteiger partial charge on any atom is 0.145 e. The maximum atomic E-state index is 10.9. The van der Waals surface area contributed by atoms with Crippen molar-refractivity contribution in [1.82, 2.24) is 0 Å². The molecule has 3 nitrogen and oxygen atoms in total. The van der Waals surface area contributed by atoms with Gasteiger partial charge in [-0.05, 0) is 6.42 Å². The first-order valence-electron chi connectivity index (χ1n) is 3.42. The van der Waals surface area contributed by atoms with Crippen LogP contribution in [0, 0.1) is 5.92 Å². The van der Waals surface area contributed by atoms with Crippen molar-refractivity contribution in [2.24, 2.45) is 5.92 Å². The normalized spacial score (nSPS) is 21.7. The summed E-state index contributed by atoms with van der Waals surface area (Å²) in [5, 5.41) is 8.59. The quantitative estimate of drug-likeness (QED) is 0.521. The summed E-state index contributed by atoms with van der Waals surface area (Å²) < 4.78 is 0. The topological polar surface area (TPSA) is 54.4 Å². The minimum Gasteiger partial charge on any atom is -0.395 e. The van der Waals surface area contributed by atoms with Gasteiger partial charge in [0.25, 0.3) is 0 Å². The van der Waals surface area contributed by atoms with E-state index in [9.17, 15) is 9.59 Å². The fourth-order valence-corrected chi connectivity index (χ4v) is 1.17. The third kappa shape index (κ3) is 1.24. The van der Waals surface area contributed by atoms with Gasteiger partial charge in [-0.25, -0.2) is 0 Å². The Bertz CT molecular complexity index is 146. The van der Waals surface area contributed by atoms with Crippen molar-refractivity contribution >= 4 is 11.6 Å². The number of Topliss-reactive ketones (excluding diaryl/α,β-unsaturated/α-hetero) is 2. The van der Waals surface area contributed by atoms with E-state index in [2.05, 4.69) is 0 Å². The smallest absolute Gasteiger partial charge is 0.145 e. The van der Waals surface area contributed by atoms with E-state index in [-0.39, 0.29) is 18.2 Å². The highest BCUT2D eigenvalue weighted by Crippen LogP contribution is 2.16. The Labute approximate surface area is 59.0 Å². The molecule has 0 aromatic heterocycles. The summed E-state index contributed by atoms with van der Waals surface area (Å²) in [6.45, 7) is -0.308. The molecule has 0 amide bonds. The van der Waals surface area contributed by atoms with Crippen LogP contribution in [-0.2, 0) is 9.59 Å². The van der Waals surface area contributed by atoms with Crippen LogP contribution < -0.4 is 0 Å². The Hall–Kier alpha value is -0.700. The first kappa shape index (κ1) is 7.41. The second-order valence-electron chi connectivity index (χ2n) is 2.52. The van der Waals surface area contributed by atoms with E-state index in [1.165, 1.54) is 0 Å². The van der Waals surface area contributed by atoms with Gasteiger partial charge in [0.1, 0.15) is 11.6 Å². The van der Waals surface area contributed by atoms with Gasteiger partial charge in [-0.1, -0.05) is 0 Å². The molecule has 0 unspecified atom stereocenters. The van der Waals surface area contributed by atoms with Gasteiger partial charge < -0.3 is 5.11 Å². The third-order valence-corrected chi connectivity index (χ3v) is 1.81. The summed E-state index contributed by atoms with van der Waals surface area (Å²) in [5.41, 5.74) is 0. The predicted octanol–water partition coefficient (Wildman–Crippen LogP) is -0.0830. The molecule has 10 heavy (non-hydrogen) atoms. The van der Waals surface area contributed by atoms with Gasteiger partial charge >= 0.3 is 0 Å². The Morgan fingerprint density at radius 2 is 1.80 bits per heavy atom. The second kappa shape index (κ2) is 2.92. The van der Waals surface area contributed by atoms with Crippen molar-refractivity contribution in [3.05, 3.63) is 0 Å². The van der Waals surface area contributed by atoms with E-state index in [1.54, 1.807) is 0 Å². The fraction of sp³-hybridized carbons (Fsp3) is 0.714. The molecule has 0 saturated heterocycles. The van der Waals surface area contributed by atoms with Gasteiger partial charge in [0.15, 0.2) is 0 Å². The zero-order valence-corrected chi connectivity index (χ0v) is 5.67. The van der Waals surface area contributed by atoms with Crippen molar-refractivity contribution in [3.8, 4) is 0 Å². The van der Waals surface area contributed by atoms with Gasteiger partial charge in [0.2, 0.25) is 0 Å². The van der Waals surface area contributed by atoms with Crippen LogP contribution in [0.5, 0.6) is 0 Å². The van der Waals surface area contributed by atoms with Gasteiger partial charge in [-0.3, -0.25) is 9.59 Å². The van der Waals surface area contributed by atoms with Crippen LogP contribution in [-0.4, -0.2) is 23.3 Å². The van der Waals surface area contributed by atoms with Crippen molar-refractivity contribution in [3.63, 3.8) is 0 Å². The van der Waals surface area contributed by atoms with E-state index >= 15 is 0 Å². The predicted molar refractivity (Wildman–Crippen MR) is 34.4 cm³/mol. The van der Waals surface area contributed by atoms with Crippen molar-refractivity contribution < 1.29 is 14.7 Å². The highest BCUT2D eigenvalue weighted by atomic mass is 16.3. The molecule has 1 N–H and O–H groups in total. The number of hydrogen-bond donors (Lipinski definition) is 1. The number of ketones is 2. The molecular weight excluding hydrogens is 132 g/mol. The number of carbonyl (C=O) groups is 2. The summed E-state index contributed by atoms with van der Waals surface area (Å²) in [5.74, 6) is -0.897. The Morgan fingerprint density at radius 3 is 2.10 bits per heavy atom. The SMILES string of the molecule is O=C1CCCC(=O)C1CO. The lowest BCUT2D eigenvalue weighted by molar-refractivity contribution is -0.137. The minimum atomic E-state index is -0.700. The van der Waals surface area contributed by atoms with Crippen molar-refractivity contribution in [1.29, 1.82) is 0 Å². The van der Waals surface area contributed by atoms with E-state index in [1.807, 2.05) is 0 Å². The average Bonchev–Trinajstić information content (AvgIpc) is 1.88. The highest BCUT2D eigenvalue weighted by molar-refractivity contribution is 6.04. The molecule has 1 fully saturated rings. The monoisotopic (exact) mass is 142 g/mol. The third-order valence-electron chi connectivity index (χ3n) is 1.81. The van der Waals surface area contributed by atoms with Gasteiger partial charge in [0, 0.05) is 12.8 Å². The first-order chi connectivity index (χ1) is 4.75. The van der Waals surface area contributed by atoms with Gasteiger partial charge in [-0.2, -0.15) is 0 Å². The fourth-order valence-electron chi connectivity index (χ4n) is 1.17. The average molecular weight is 142 g/mol. The van der Waals surface area contributed by atoms with Crippen molar-refractivity contribution in [2.75, 3.05) is 6.61 Å². The molecule has 1 aliphatic carbocycles. The number of aliphatic hydroxyl groups is 1. The van der Waals surface area contributed by atoms with Crippen LogP contribution in [0.4, 0.5) is 0 Å². The van der Waals surface area contributed by atoms with E-state index in [0.29, 0.717) is 19.3 Å². The molecule has 0 bridgehead atoms. The molecule has 0 radical (unpaired) electrons. The molecule has 0 aliphatic heterocycles. The van der Waals surface area contributed by atoms with Gasteiger partial charge in [0.05, 0.1) is 12.5 Å². The molecule has 1 saturated carbocycles. The molecule has 0 heterocycles. The van der Waals surface area contributed by atoms with E-state index < -0.39 is 5.92 Å². The van der Waals surface area contributed by atoms with Gasteiger partial charge in [-0.15, -0.1) is 0 Å². The maximum absolute atomic E-state index is 10.9. The zero-order valence-electron chi connectivity index (χ0n) is 5.67. The minimum absolute atomic E-state index is 0.0984. The molecule has 3 heteroatoms. The lowest BCUT2D eigenvalue weighted by atomic mass is 9.87. The lowest BCUT2D eigenvalue weighted by Crippen LogP contribution is -2.31. The number of rotatable bonds is 1. The van der Waals surface area contributed by atoms with Crippen LogP contribution >= 0.6 is 0 Å². The van der Waals surface area contributed by atoms with Crippen LogP contribution in [0.1, 0.15) is 19.3 Å². The summed E-state index contributed by atoms with van der Waals surface area (Å²) in [7, 11) is 0. The molecule has 0 atom stereocenters. The van der Waals surface area contributed by atoms with Crippen LogP contribution in [0.3, 0.4) is 0 Å². The molecule has 0 aromatic carbocycles. The van der Waals surface area contributed by atoms with E-state index in [0.717, 1.165) is 0 Å². The summed E-state index contributed by atoms with van der Waals surface area (Å²) >= 11 is 0. The van der Waals surface area contributed by atoms with Crippen LogP contribution in [0.25, 0.3) is 0 Å². The van der Waals surface area contributed by atoms with Crippen molar-refractivity contribution in [2.45, 2.75) is 19.3 Å². The number of carbonyl (C=O) groups excluding carboxylic acids is 2. The standard InChI is InChI=1S/C7H10O3/c8-4-5-6(9)2-1-3-7(5)10/h5,8H,1-4H2. The Kier molecular flexibility index (Phi) is 2.17. The Morgan fingerprint density at radius 1 is 1.30 bits per heavy atom. The van der Waals surface area contributed by atoms with E-state index in [4.69, 9.17) is 5.11 Å². The molecule has 56 valence electrons. The van der Waals surface area contributed by atoms with Crippen LogP contribution in [0.2, 0.25) is 0 Å². The number of aliphatic hydroxyl groups excluding tert-OH is 1. The molecule has 1 aliphatic rings. The summed E-state index contributed by atoms with van der Waals surface area (Å²) in [6, 6.07) is 0. The second-order valence-corrected chi connectivity index (χ2v) is 2.52. The largest absolute Gasteiger partial charge is 0.395 e. The Balaban J connectivity index is 2.62. The molecule has 0 aromatic rings. The zero-order chi connectivity index (χ0) is 7.56. The molecular formula is C7H10O3. The first-order valence-corrected chi connectivity index (χ1v) is 3.42. The lowest BCUT2D eigenvalue weighted by Gasteiger charge is -2.16. The number of hydrogen-bond acceptors (Lipinski definition) is 3. The molecule has 0 spiro atoms. The highest BCUT2D eigenvalue weighted by Gasteiger charge is 2.28. The molecule has 1 rings (SSSR count). The van der Waals surface area contributed by atoms with Crippen LogP contribution in [0.15, 0.2) is 0 Å².